The fourth-order valence-electron chi connectivity index (χ4n) is 2.98. The molecule has 1 aromatic carbocycles. The predicted octanol–water partition coefficient (Wildman–Crippen LogP) is 2.98. The van der Waals surface area contributed by atoms with Crippen LogP contribution >= 0.6 is 11.8 Å². The van der Waals surface area contributed by atoms with E-state index in [1.54, 1.807) is 16.7 Å². The number of anilines is 1. The first-order chi connectivity index (χ1) is 11.2. The van der Waals surface area contributed by atoms with Crippen molar-refractivity contribution in [2.75, 3.05) is 11.1 Å². The predicted molar refractivity (Wildman–Crippen MR) is 82.5 cm³/mol. The van der Waals surface area contributed by atoms with Crippen LogP contribution in [0.1, 0.15) is 19.8 Å². The van der Waals surface area contributed by atoms with Crippen LogP contribution in [0.15, 0.2) is 24.3 Å². The van der Waals surface area contributed by atoms with Gasteiger partial charge in [-0.2, -0.15) is 0 Å². The number of carbonyl (C=O) groups is 2. The average Bonchev–Trinajstić information content (AvgIpc) is 2.97. The minimum absolute atomic E-state index is 0.0448. The van der Waals surface area contributed by atoms with Gasteiger partial charge in [0, 0.05) is 17.9 Å². The molecule has 1 aromatic rings. The average molecular weight is 360 g/mol. The van der Waals surface area contributed by atoms with E-state index in [2.05, 4.69) is 10.1 Å². The molecule has 1 N–H and O–H groups in total. The van der Waals surface area contributed by atoms with Crippen molar-refractivity contribution in [3.05, 3.63) is 24.3 Å². The van der Waals surface area contributed by atoms with Crippen LogP contribution in [-0.2, 0) is 9.59 Å². The highest BCUT2D eigenvalue weighted by Crippen LogP contribution is 2.47. The van der Waals surface area contributed by atoms with Crippen molar-refractivity contribution in [3.63, 3.8) is 0 Å². The Kier molecular flexibility index (Phi) is 4.15. The lowest BCUT2D eigenvalue weighted by atomic mass is 10.2. The van der Waals surface area contributed by atoms with Gasteiger partial charge >= 0.3 is 6.36 Å². The first-order valence-electron chi connectivity index (χ1n) is 7.31. The van der Waals surface area contributed by atoms with Gasteiger partial charge in [-0.1, -0.05) is 0 Å². The third-order valence-electron chi connectivity index (χ3n) is 4.10. The Labute approximate surface area is 140 Å². The summed E-state index contributed by atoms with van der Waals surface area (Å²) < 4.78 is 40.1. The number of hydrogen-bond donors (Lipinski definition) is 1. The monoisotopic (exact) mass is 360 g/mol. The number of amides is 2. The lowest BCUT2D eigenvalue weighted by molar-refractivity contribution is -0.274. The Morgan fingerprint density at radius 1 is 1.38 bits per heavy atom. The van der Waals surface area contributed by atoms with Crippen LogP contribution in [0.2, 0.25) is 0 Å². The van der Waals surface area contributed by atoms with Crippen LogP contribution in [0.4, 0.5) is 18.9 Å². The molecule has 0 spiro atoms. The van der Waals surface area contributed by atoms with Gasteiger partial charge in [0.05, 0.1) is 4.87 Å². The van der Waals surface area contributed by atoms with Gasteiger partial charge in [0.2, 0.25) is 11.8 Å². The lowest BCUT2D eigenvalue weighted by Crippen LogP contribution is -2.48. The largest absolute Gasteiger partial charge is 0.573 e. The molecule has 2 fully saturated rings. The Hall–Kier alpha value is -1.90. The summed E-state index contributed by atoms with van der Waals surface area (Å²) >= 11 is 1.57. The molecule has 0 radical (unpaired) electrons. The van der Waals surface area contributed by atoms with Gasteiger partial charge in [0.1, 0.15) is 11.8 Å². The maximum absolute atomic E-state index is 12.4. The van der Waals surface area contributed by atoms with Crippen molar-refractivity contribution in [2.45, 2.75) is 37.0 Å². The molecule has 3 rings (SSSR count). The van der Waals surface area contributed by atoms with Gasteiger partial charge in [-0.15, -0.1) is 24.9 Å². The molecule has 2 atom stereocenters. The van der Waals surface area contributed by atoms with Crippen LogP contribution in [0.5, 0.6) is 5.75 Å². The van der Waals surface area contributed by atoms with Crippen LogP contribution in [0.25, 0.3) is 0 Å². The Morgan fingerprint density at radius 3 is 2.67 bits per heavy atom. The zero-order valence-electron chi connectivity index (χ0n) is 12.7. The molecule has 2 amide bonds. The summed E-state index contributed by atoms with van der Waals surface area (Å²) in [6, 6.07) is 4.33. The Bertz CT molecular complexity index is 665. The van der Waals surface area contributed by atoms with E-state index < -0.39 is 12.4 Å². The standard InChI is InChI=1S/C15H15F3N2O3S/c1-14-7-6-12(21)20(14)11(8-24-14)13(22)19-9-2-4-10(5-3-9)23-15(16,17)18/h2-5,11H,6-8H2,1H3,(H,19,22)/t11-,14-/m1/s1. The number of ether oxygens (including phenoxy) is 1. The highest BCUT2D eigenvalue weighted by atomic mass is 32.2. The number of nitrogens with one attached hydrogen (secondary N) is 1. The summed E-state index contributed by atoms with van der Waals surface area (Å²) in [4.78, 5) is 25.7. The number of fused-ring (bicyclic) bond motifs is 1. The van der Waals surface area contributed by atoms with Crippen molar-refractivity contribution in [1.29, 1.82) is 0 Å². The summed E-state index contributed by atoms with van der Waals surface area (Å²) in [5.74, 6) is -0.245. The zero-order valence-corrected chi connectivity index (χ0v) is 13.5. The number of hydrogen-bond acceptors (Lipinski definition) is 4. The molecule has 0 bridgehead atoms. The van der Waals surface area contributed by atoms with Gasteiger partial charge in [0.15, 0.2) is 0 Å². The first-order valence-corrected chi connectivity index (χ1v) is 8.29. The molecule has 2 aliphatic rings. The number of halogens is 3. The van der Waals surface area contributed by atoms with Crippen molar-refractivity contribution in [1.82, 2.24) is 4.90 Å². The van der Waals surface area contributed by atoms with Crippen LogP contribution in [-0.4, -0.2) is 39.7 Å². The van der Waals surface area contributed by atoms with Crippen molar-refractivity contribution < 1.29 is 27.5 Å². The van der Waals surface area contributed by atoms with Crippen molar-refractivity contribution in [2.24, 2.45) is 0 Å². The SMILES string of the molecule is C[C@@]12CCC(=O)N1[C@@H](C(=O)Nc1ccc(OC(F)(F)F)cc1)CS2. The molecule has 130 valence electrons. The molecular weight excluding hydrogens is 345 g/mol. The van der Waals surface area contributed by atoms with E-state index in [1.165, 1.54) is 12.1 Å². The third-order valence-corrected chi connectivity index (χ3v) is 5.61. The second kappa shape index (κ2) is 5.87. The van der Waals surface area contributed by atoms with Gasteiger partial charge in [0.25, 0.3) is 0 Å². The first kappa shape index (κ1) is 16.9. The van der Waals surface area contributed by atoms with Gasteiger partial charge < -0.3 is 15.0 Å². The Morgan fingerprint density at radius 2 is 2.04 bits per heavy atom. The molecular formula is C15H15F3N2O3S. The lowest BCUT2D eigenvalue weighted by Gasteiger charge is -2.29. The van der Waals surface area contributed by atoms with E-state index in [4.69, 9.17) is 0 Å². The fourth-order valence-corrected chi connectivity index (χ4v) is 4.41. The molecule has 9 heteroatoms. The minimum atomic E-state index is -4.76. The molecule has 2 aliphatic heterocycles. The van der Waals surface area contributed by atoms with Crippen molar-refractivity contribution in [3.8, 4) is 5.75 Å². The highest BCUT2D eigenvalue weighted by molar-refractivity contribution is 8.01. The minimum Gasteiger partial charge on any atom is -0.406 e. The number of thioether (sulfide) groups is 1. The van der Waals surface area contributed by atoms with E-state index in [1.807, 2.05) is 6.92 Å². The van der Waals surface area contributed by atoms with E-state index >= 15 is 0 Å². The van der Waals surface area contributed by atoms with E-state index in [0.717, 1.165) is 12.1 Å². The van der Waals surface area contributed by atoms with Crippen LogP contribution in [0.3, 0.4) is 0 Å². The highest BCUT2D eigenvalue weighted by Gasteiger charge is 2.52. The molecule has 0 saturated carbocycles. The van der Waals surface area contributed by atoms with E-state index in [-0.39, 0.29) is 22.4 Å². The van der Waals surface area contributed by atoms with Gasteiger partial charge in [-0.05, 0) is 37.6 Å². The maximum atomic E-state index is 12.4. The van der Waals surface area contributed by atoms with Crippen molar-refractivity contribution >= 4 is 29.3 Å². The fraction of sp³-hybridized carbons (Fsp3) is 0.467. The summed E-state index contributed by atoms with van der Waals surface area (Å²) in [6.07, 6.45) is -3.62. The normalized spacial score (nSPS) is 26.4. The molecule has 5 nitrogen and oxygen atoms in total. The second-order valence-electron chi connectivity index (χ2n) is 5.83. The number of nitrogens with zero attached hydrogens (tertiary/aromatic N) is 1. The van der Waals surface area contributed by atoms with Gasteiger partial charge in [-0.25, -0.2) is 0 Å². The van der Waals surface area contributed by atoms with E-state index in [0.29, 0.717) is 24.3 Å². The third kappa shape index (κ3) is 3.31. The topological polar surface area (TPSA) is 58.6 Å². The Balaban J connectivity index is 1.66. The van der Waals surface area contributed by atoms with E-state index in [9.17, 15) is 22.8 Å². The zero-order chi connectivity index (χ0) is 17.5. The molecule has 0 aromatic heterocycles. The summed E-state index contributed by atoms with van der Waals surface area (Å²) in [5, 5.41) is 2.64. The van der Waals surface area contributed by atoms with Crippen LogP contribution < -0.4 is 10.1 Å². The summed E-state index contributed by atoms with van der Waals surface area (Å²) in [5.41, 5.74) is 0.347. The van der Waals surface area contributed by atoms with Gasteiger partial charge in [-0.3, -0.25) is 9.59 Å². The molecule has 0 unspecified atom stereocenters. The molecule has 24 heavy (non-hydrogen) atoms. The second-order valence-corrected chi connectivity index (χ2v) is 7.33. The molecule has 2 heterocycles. The summed E-state index contributed by atoms with van der Waals surface area (Å²) in [6.45, 7) is 1.94. The number of rotatable bonds is 3. The smallest absolute Gasteiger partial charge is 0.406 e. The molecule has 0 aliphatic carbocycles. The maximum Gasteiger partial charge on any atom is 0.573 e. The number of alkyl halides is 3. The number of carbonyl (C=O) groups excluding carboxylic acids is 2. The van der Waals surface area contributed by atoms with Crippen LogP contribution in [0, 0.1) is 0 Å². The number of benzene rings is 1. The summed E-state index contributed by atoms with van der Waals surface area (Å²) in [7, 11) is 0. The molecule has 2 saturated heterocycles. The quantitative estimate of drug-likeness (QED) is 0.900.